The highest BCUT2D eigenvalue weighted by Crippen LogP contribution is 1.81. The molecule has 1 heteroatoms. The van der Waals surface area contributed by atoms with E-state index in [1.54, 1.807) is 0 Å². The van der Waals surface area contributed by atoms with Gasteiger partial charge in [-0.1, -0.05) is 19.4 Å². The van der Waals surface area contributed by atoms with Gasteiger partial charge in [0.25, 0.3) is 0 Å². The summed E-state index contributed by atoms with van der Waals surface area (Å²) in [6.45, 7) is 5.32. The summed E-state index contributed by atoms with van der Waals surface area (Å²) < 4.78 is 0. The molecule has 48 valence electrons. The Morgan fingerprint density at radius 1 is 1.50 bits per heavy atom. The minimum Gasteiger partial charge on any atom is -0.391 e. The van der Waals surface area contributed by atoms with Gasteiger partial charge in [0.1, 0.15) is 0 Å². The molecule has 0 fully saturated rings. The second-order valence-electron chi connectivity index (χ2n) is 1.81. The molecule has 0 saturated heterocycles. The zero-order valence-corrected chi connectivity index (χ0v) is 5.78. The molecule has 0 aromatic heterocycles. The smallest absolute Gasteiger partial charge is 0.0141 e. The molecule has 0 heterocycles. The van der Waals surface area contributed by atoms with Gasteiger partial charge in [0.15, 0.2) is 0 Å². The van der Waals surface area contributed by atoms with Gasteiger partial charge in [0.2, 0.25) is 0 Å². The van der Waals surface area contributed by atoms with Crippen molar-refractivity contribution in [3.63, 3.8) is 0 Å². The van der Waals surface area contributed by atoms with Gasteiger partial charge >= 0.3 is 0 Å². The third kappa shape index (κ3) is 5.54. The maximum Gasteiger partial charge on any atom is 0.0141 e. The van der Waals surface area contributed by atoms with E-state index in [0.717, 1.165) is 6.54 Å². The summed E-state index contributed by atoms with van der Waals surface area (Å²) >= 11 is 0. The van der Waals surface area contributed by atoms with Crippen LogP contribution in [-0.2, 0) is 0 Å². The van der Waals surface area contributed by atoms with E-state index in [2.05, 4.69) is 12.2 Å². The number of nitrogens with one attached hydrogen (secondary N) is 1. The first-order valence-corrected chi connectivity index (χ1v) is 3.26. The summed E-state index contributed by atoms with van der Waals surface area (Å²) in [6.07, 6.45) is 6.53. The van der Waals surface area contributed by atoms with Crippen LogP contribution in [0.4, 0.5) is 0 Å². The molecule has 0 amide bonds. The largest absolute Gasteiger partial charge is 0.391 e. The van der Waals surface area contributed by atoms with Gasteiger partial charge in [-0.2, -0.15) is 0 Å². The topological polar surface area (TPSA) is 12.0 Å². The van der Waals surface area contributed by atoms with Gasteiger partial charge in [-0.15, -0.1) is 0 Å². The van der Waals surface area contributed by atoms with Crippen LogP contribution < -0.4 is 5.32 Å². The van der Waals surface area contributed by atoms with Gasteiger partial charge in [0.05, 0.1) is 0 Å². The van der Waals surface area contributed by atoms with Gasteiger partial charge in [0, 0.05) is 6.54 Å². The SMILES string of the molecule is C/C=C\NCCCC. The Morgan fingerprint density at radius 2 is 2.25 bits per heavy atom. The molecular weight excluding hydrogens is 98.1 g/mol. The van der Waals surface area contributed by atoms with Crippen molar-refractivity contribution in [2.45, 2.75) is 26.7 Å². The van der Waals surface area contributed by atoms with E-state index in [-0.39, 0.29) is 0 Å². The highest BCUT2D eigenvalue weighted by Gasteiger charge is 1.75. The predicted octanol–water partition coefficient (Wildman–Crippen LogP) is 1.91. The minimum absolute atomic E-state index is 1.11. The fourth-order valence-electron chi connectivity index (χ4n) is 0.480. The van der Waals surface area contributed by atoms with E-state index >= 15 is 0 Å². The Labute approximate surface area is 51.8 Å². The van der Waals surface area contributed by atoms with Crippen molar-refractivity contribution in [2.75, 3.05) is 6.54 Å². The van der Waals surface area contributed by atoms with Crippen molar-refractivity contribution in [1.29, 1.82) is 0 Å². The van der Waals surface area contributed by atoms with Crippen LogP contribution in [0.5, 0.6) is 0 Å². The Balaban J connectivity index is 2.72. The molecule has 0 rings (SSSR count). The van der Waals surface area contributed by atoms with Crippen LogP contribution in [0.3, 0.4) is 0 Å². The molecule has 0 bridgehead atoms. The van der Waals surface area contributed by atoms with E-state index in [0.29, 0.717) is 0 Å². The molecule has 0 aromatic rings. The Kier molecular flexibility index (Phi) is 6.16. The number of allylic oxidation sites excluding steroid dienone is 1. The van der Waals surface area contributed by atoms with Crippen LogP contribution in [-0.4, -0.2) is 6.54 Å². The van der Waals surface area contributed by atoms with Crippen molar-refractivity contribution < 1.29 is 0 Å². The van der Waals surface area contributed by atoms with Crippen molar-refractivity contribution in [3.8, 4) is 0 Å². The van der Waals surface area contributed by atoms with Gasteiger partial charge in [-0.3, -0.25) is 0 Å². The molecule has 0 aromatic carbocycles. The molecule has 0 radical (unpaired) electrons. The Bertz CT molecular complexity index is 57.4. The second kappa shape index (κ2) is 6.54. The van der Waals surface area contributed by atoms with E-state index in [1.807, 2.05) is 19.2 Å². The lowest BCUT2D eigenvalue weighted by molar-refractivity contribution is 0.734. The van der Waals surface area contributed by atoms with Crippen LogP contribution in [0.15, 0.2) is 12.3 Å². The molecule has 0 unspecified atom stereocenters. The summed E-state index contributed by atoms with van der Waals surface area (Å²) in [5, 5.41) is 3.16. The van der Waals surface area contributed by atoms with Crippen LogP contribution in [0.2, 0.25) is 0 Å². The zero-order valence-electron chi connectivity index (χ0n) is 5.78. The molecule has 8 heavy (non-hydrogen) atoms. The first kappa shape index (κ1) is 7.54. The lowest BCUT2D eigenvalue weighted by Gasteiger charge is -1.94. The standard InChI is InChI=1S/C7H15N/c1-3-5-7-8-6-4-2/h4,6,8H,3,5,7H2,1-2H3/b6-4-. The monoisotopic (exact) mass is 113 g/mol. The summed E-state index contributed by atoms with van der Waals surface area (Å²) in [6, 6.07) is 0. The summed E-state index contributed by atoms with van der Waals surface area (Å²) in [4.78, 5) is 0. The zero-order chi connectivity index (χ0) is 6.24. The van der Waals surface area contributed by atoms with Crippen molar-refractivity contribution >= 4 is 0 Å². The molecule has 1 nitrogen and oxygen atoms in total. The molecular formula is C7H15N. The summed E-state index contributed by atoms with van der Waals surface area (Å²) in [5.74, 6) is 0. The summed E-state index contributed by atoms with van der Waals surface area (Å²) in [7, 11) is 0. The normalized spacial score (nSPS) is 10.2. The van der Waals surface area contributed by atoms with E-state index < -0.39 is 0 Å². The molecule has 1 N–H and O–H groups in total. The maximum atomic E-state index is 3.16. The van der Waals surface area contributed by atoms with Gasteiger partial charge < -0.3 is 5.32 Å². The number of hydrogen-bond acceptors (Lipinski definition) is 1. The Morgan fingerprint density at radius 3 is 2.75 bits per heavy atom. The van der Waals surface area contributed by atoms with Gasteiger partial charge in [-0.25, -0.2) is 0 Å². The van der Waals surface area contributed by atoms with E-state index in [9.17, 15) is 0 Å². The quantitative estimate of drug-likeness (QED) is 0.549. The maximum absolute atomic E-state index is 3.16. The summed E-state index contributed by atoms with van der Waals surface area (Å²) in [5.41, 5.74) is 0. The van der Waals surface area contributed by atoms with Crippen LogP contribution in [0.1, 0.15) is 26.7 Å². The Hall–Kier alpha value is -0.460. The first-order chi connectivity index (χ1) is 3.91. The number of hydrogen-bond donors (Lipinski definition) is 1. The first-order valence-electron chi connectivity index (χ1n) is 3.26. The predicted molar refractivity (Wildman–Crippen MR) is 37.7 cm³/mol. The third-order valence-electron chi connectivity index (χ3n) is 0.959. The average molecular weight is 113 g/mol. The van der Waals surface area contributed by atoms with E-state index in [4.69, 9.17) is 0 Å². The lowest BCUT2D eigenvalue weighted by Crippen LogP contribution is -2.05. The third-order valence-corrected chi connectivity index (χ3v) is 0.959. The van der Waals surface area contributed by atoms with Crippen LogP contribution in [0, 0.1) is 0 Å². The molecule has 0 saturated carbocycles. The minimum atomic E-state index is 1.11. The lowest BCUT2D eigenvalue weighted by atomic mass is 10.3. The highest BCUT2D eigenvalue weighted by atomic mass is 14.8. The number of unbranched alkanes of at least 4 members (excludes halogenated alkanes) is 1. The van der Waals surface area contributed by atoms with Crippen molar-refractivity contribution in [3.05, 3.63) is 12.3 Å². The highest BCUT2D eigenvalue weighted by molar-refractivity contribution is 4.73. The molecule has 0 aliphatic rings. The van der Waals surface area contributed by atoms with Gasteiger partial charge in [-0.05, 0) is 19.5 Å². The molecule has 0 aliphatic heterocycles. The average Bonchev–Trinajstić information content (AvgIpc) is 1.81. The fraction of sp³-hybridized carbons (Fsp3) is 0.714. The number of rotatable bonds is 4. The van der Waals surface area contributed by atoms with Crippen LogP contribution in [0.25, 0.3) is 0 Å². The fourth-order valence-corrected chi connectivity index (χ4v) is 0.480. The van der Waals surface area contributed by atoms with Crippen LogP contribution >= 0.6 is 0 Å². The van der Waals surface area contributed by atoms with Crippen molar-refractivity contribution in [2.24, 2.45) is 0 Å². The molecule has 0 spiro atoms. The molecule has 0 atom stereocenters. The molecule has 0 aliphatic carbocycles. The second-order valence-corrected chi connectivity index (χ2v) is 1.81. The van der Waals surface area contributed by atoms with E-state index in [1.165, 1.54) is 12.8 Å². The van der Waals surface area contributed by atoms with Crippen molar-refractivity contribution in [1.82, 2.24) is 5.32 Å².